The first kappa shape index (κ1) is 13.9. The molecule has 2 aromatic rings. The standard InChI is InChI=1S/C14H16FNO2S/c1-3-5-10(14(17)18-4-2)13-16-11-7-6-9(15)8-12(11)19-13/h6-8,10H,3-5H2,1-2H3. The van der Waals surface area contributed by atoms with Crippen molar-refractivity contribution in [1.29, 1.82) is 0 Å². The fourth-order valence-electron chi connectivity index (χ4n) is 1.94. The first-order valence-electron chi connectivity index (χ1n) is 6.38. The van der Waals surface area contributed by atoms with E-state index in [4.69, 9.17) is 4.74 Å². The molecule has 5 heteroatoms. The van der Waals surface area contributed by atoms with Crippen LogP contribution in [0.2, 0.25) is 0 Å². The third-order valence-electron chi connectivity index (χ3n) is 2.81. The number of halogens is 1. The van der Waals surface area contributed by atoms with E-state index < -0.39 is 0 Å². The molecule has 0 bridgehead atoms. The first-order chi connectivity index (χ1) is 9.15. The molecule has 0 aliphatic carbocycles. The highest BCUT2D eigenvalue weighted by Crippen LogP contribution is 2.31. The number of thiazole rings is 1. The van der Waals surface area contributed by atoms with Crippen LogP contribution in [0, 0.1) is 5.82 Å². The summed E-state index contributed by atoms with van der Waals surface area (Å²) >= 11 is 1.36. The van der Waals surface area contributed by atoms with E-state index >= 15 is 0 Å². The van der Waals surface area contributed by atoms with Gasteiger partial charge in [-0.2, -0.15) is 0 Å². The lowest BCUT2D eigenvalue weighted by Crippen LogP contribution is -2.15. The smallest absolute Gasteiger partial charge is 0.315 e. The second-order valence-electron chi connectivity index (χ2n) is 4.26. The minimum absolute atomic E-state index is 0.246. The van der Waals surface area contributed by atoms with Crippen molar-refractivity contribution in [1.82, 2.24) is 4.98 Å². The molecule has 19 heavy (non-hydrogen) atoms. The summed E-state index contributed by atoms with van der Waals surface area (Å²) in [5.74, 6) is -0.875. The number of ether oxygens (including phenoxy) is 1. The molecule has 1 heterocycles. The first-order valence-corrected chi connectivity index (χ1v) is 7.20. The van der Waals surface area contributed by atoms with Gasteiger partial charge in [-0.05, 0) is 31.5 Å². The highest BCUT2D eigenvalue weighted by molar-refractivity contribution is 7.18. The van der Waals surface area contributed by atoms with E-state index in [9.17, 15) is 9.18 Å². The molecule has 0 N–H and O–H groups in total. The minimum atomic E-state index is -0.342. The van der Waals surface area contributed by atoms with Crippen molar-refractivity contribution in [3.05, 3.63) is 29.0 Å². The Morgan fingerprint density at radius 1 is 1.47 bits per heavy atom. The Labute approximate surface area is 115 Å². The van der Waals surface area contributed by atoms with Crippen molar-refractivity contribution in [3.63, 3.8) is 0 Å². The summed E-state index contributed by atoms with van der Waals surface area (Å²) in [5.41, 5.74) is 0.729. The maximum atomic E-state index is 13.2. The van der Waals surface area contributed by atoms with Gasteiger partial charge < -0.3 is 4.74 Å². The Morgan fingerprint density at radius 2 is 2.26 bits per heavy atom. The van der Waals surface area contributed by atoms with Crippen LogP contribution in [0.5, 0.6) is 0 Å². The Balaban J connectivity index is 2.35. The molecular weight excluding hydrogens is 265 g/mol. The van der Waals surface area contributed by atoms with Crippen LogP contribution in [-0.2, 0) is 9.53 Å². The maximum absolute atomic E-state index is 13.2. The number of benzene rings is 1. The zero-order chi connectivity index (χ0) is 13.8. The van der Waals surface area contributed by atoms with Crippen LogP contribution in [0.3, 0.4) is 0 Å². The molecule has 0 saturated heterocycles. The van der Waals surface area contributed by atoms with Crippen LogP contribution in [-0.4, -0.2) is 17.6 Å². The molecular formula is C14H16FNO2S. The second-order valence-corrected chi connectivity index (χ2v) is 5.32. The van der Waals surface area contributed by atoms with Crippen molar-refractivity contribution in [3.8, 4) is 0 Å². The lowest BCUT2D eigenvalue weighted by molar-refractivity contribution is -0.145. The van der Waals surface area contributed by atoms with E-state index in [2.05, 4.69) is 4.98 Å². The van der Waals surface area contributed by atoms with Gasteiger partial charge in [-0.15, -0.1) is 11.3 Å². The second kappa shape index (κ2) is 6.10. The predicted octanol–water partition coefficient (Wildman–Crippen LogP) is 3.88. The number of nitrogens with zero attached hydrogens (tertiary/aromatic N) is 1. The maximum Gasteiger partial charge on any atom is 0.315 e. The highest BCUT2D eigenvalue weighted by atomic mass is 32.1. The van der Waals surface area contributed by atoms with Gasteiger partial charge in [0.15, 0.2) is 0 Å². The minimum Gasteiger partial charge on any atom is -0.465 e. The number of fused-ring (bicyclic) bond motifs is 1. The van der Waals surface area contributed by atoms with Crippen LogP contribution in [0.4, 0.5) is 4.39 Å². The number of carbonyl (C=O) groups excluding carboxylic acids is 1. The Kier molecular flexibility index (Phi) is 4.47. The molecule has 0 amide bonds. The van der Waals surface area contributed by atoms with Gasteiger partial charge in [0.1, 0.15) is 16.7 Å². The van der Waals surface area contributed by atoms with E-state index in [1.165, 1.54) is 23.5 Å². The summed E-state index contributed by atoms with van der Waals surface area (Å²) in [7, 11) is 0. The third-order valence-corrected chi connectivity index (χ3v) is 3.95. The van der Waals surface area contributed by atoms with Gasteiger partial charge in [-0.25, -0.2) is 9.37 Å². The van der Waals surface area contributed by atoms with Crippen molar-refractivity contribution in [2.45, 2.75) is 32.6 Å². The average molecular weight is 281 g/mol. The molecule has 3 nitrogen and oxygen atoms in total. The molecule has 0 radical (unpaired) electrons. The summed E-state index contributed by atoms with van der Waals surface area (Å²) < 4.78 is 19.0. The third kappa shape index (κ3) is 3.10. The van der Waals surface area contributed by atoms with Gasteiger partial charge in [-0.1, -0.05) is 13.3 Å². The number of esters is 1. The molecule has 0 aliphatic rings. The molecule has 0 fully saturated rings. The molecule has 0 saturated carbocycles. The molecule has 1 atom stereocenters. The summed E-state index contributed by atoms with van der Waals surface area (Å²) in [4.78, 5) is 16.4. The van der Waals surface area contributed by atoms with E-state index in [0.29, 0.717) is 18.0 Å². The van der Waals surface area contributed by atoms with Gasteiger partial charge in [-0.3, -0.25) is 4.79 Å². The summed E-state index contributed by atoms with van der Waals surface area (Å²) in [5, 5.41) is 0.709. The zero-order valence-electron chi connectivity index (χ0n) is 11.0. The zero-order valence-corrected chi connectivity index (χ0v) is 11.8. The quantitative estimate of drug-likeness (QED) is 0.781. The molecule has 2 rings (SSSR count). The van der Waals surface area contributed by atoms with E-state index in [-0.39, 0.29) is 17.7 Å². The van der Waals surface area contributed by atoms with Crippen LogP contribution < -0.4 is 0 Å². The van der Waals surface area contributed by atoms with Crippen LogP contribution in [0.25, 0.3) is 10.2 Å². The van der Waals surface area contributed by atoms with Gasteiger partial charge >= 0.3 is 5.97 Å². The SMILES string of the molecule is CCCC(C(=O)OCC)c1nc2ccc(F)cc2s1. The summed E-state index contributed by atoms with van der Waals surface area (Å²) in [6.07, 6.45) is 1.56. The van der Waals surface area contributed by atoms with E-state index in [0.717, 1.165) is 16.6 Å². The number of rotatable bonds is 5. The number of carbonyl (C=O) groups is 1. The van der Waals surface area contributed by atoms with E-state index in [1.807, 2.05) is 6.92 Å². The molecule has 1 unspecified atom stereocenters. The number of hydrogen-bond acceptors (Lipinski definition) is 4. The molecule has 1 aromatic carbocycles. The lowest BCUT2D eigenvalue weighted by atomic mass is 10.1. The van der Waals surface area contributed by atoms with Crippen LogP contribution in [0.1, 0.15) is 37.6 Å². The lowest BCUT2D eigenvalue weighted by Gasteiger charge is -2.11. The van der Waals surface area contributed by atoms with Gasteiger partial charge in [0.05, 0.1) is 16.8 Å². The largest absolute Gasteiger partial charge is 0.465 e. The Bertz CT molecular complexity index is 582. The molecule has 0 spiro atoms. The van der Waals surface area contributed by atoms with Crippen molar-refractivity contribution >= 4 is 27.5 Å². The van der Waals surface area contributed by atoms with Gasteiger partial charge in [0, 0.05) is 0 Å². The average Bonchev–Trinajstić information content (AvgIpc) is 2.78. The normalized spacial score (nSPS) is 12.6. The van der Waals surface area contributed by atoms with Crippen LogP contribution >= 0.6 is 11.3 Å². The monoisotopic (exact) mass is 281 g/mol. The van der Waals surface area contributed by atoms with Crippen LogP contribution in [0.15, 0.2) is 18.2 Å². The highest BCUT2D eigenvalue weighted by Gasteiger charge is 2.24. The molecule has 102 valence electrons. The number of aromatic nitrogens is 1. The van der Waals surface area contributed by atoms with Crippen molar-refractivity contribution in [2.75, 3.05) is 6.61 Å². The Hall–Kier alpha value is -1.49. The summed E-state index contributed by atoms with van der Waals surface area (Å²) in [6.45, 7) is 4.16. The fourth-order valence-corrected chi connectivity index (χ4v) is 3.05. The topological polar surface area (TPSA) is 39.2 Å². The fraction of sp³-hybridized carbons (Fsp3) is 0.429. The molecule has 1 aromatic heterocycles. The van der Waals surface area contributed by atoms with Crippen molar-refractivity contribution < 1.29 is 13.9 Å². The molecule has 0 aliphatic heterocycles. The van der Waals surface area contributed by atoms with Gasteiger partial charge in [0.2, 0.25) is 0 Å². The Morgan fingerprint density at radius 3 is 2.95 bits per heavy atom. The summed E-state index contributed by atoms with van der Waals surface area (Å²) in [6, 6.07) is 4.47. The van der Waals surface area contributed by atoms with E-state index in [1.54, 1.807) is 13.0 Å². The van der Waals surface area contributed by atoms with Gasteiger partial charge in [0.25, 0.3) is 0 Å². The number of hydrogen-bond donors (Lipinski definition) is 0. The predicted molar refractivity (Wildman–Crippen MR) is 73.9 cm³/mol. The van der Waals surface area contributed by atoms with Crippen molar-refractivity contribution in [2.24, 2.45) is 0 Å².